The zero-order chi connectivity index (χ0) is 16.2. The predicted molar refractivity (Wildman–Crippen MR) is 71.7 cm³/mol. The predicted octanol–water partition coefficient (Wildman–Crippen LogP) is 2.35. The van der Waals surface area contributed by atoms with Crippen LogP contribution in [0.1, 0.15) is 10.6 Å². The van der Waals surface area contributed by atoms with Crippen LogP contribution in [0.5, 0.6) is 10.9 Å². The molecular formula is C11H8F3N5O2S. The number of primary amides is 1. The first-order valence-corrected chi connectivity index (χ1v) is 6.43. The van der Waals surface area contributed by atoms with Gasteiger partial charge in [-0.15, -0.1) is 5.10 Å². The van der Waals surface area contributed by atoms with Gasteiger partial charge >= 0.3 is 12.2 Å². The lowest BCUT2D eigenvalue weighted by molar-refractivity contribution is -0.138. The van der Waals surface area contributed by atoms with E-state index in [4.69, 9.17) is 10.5 Å². The summed E-state index contributed by atoms with van der Waals surface area (Å²) in [6, 6.07) is 5.42. The molecule has 116 valence electrons. The Hall–Kier alpha value is -2.69. The number of ether oxygens (including phenoxy) is 1. The first kappa shape index (κ1) is 15.7. The molecular weight excluding hydrogens is 323 g/mol. The minimum absolute atomic E-state index is 0.239. The highest BCUT2D eigenvalue weighted by molar-refractivity contribution is 7.13. The molecule has 1 heterocycles. The Morgan fingerprint density at radius 3 is 2.82 bits per heavy atom. The number of carbonyl (C=O) groups excluding carboxylic acids is 1. The average Bonchev–Trinajstić information content (AvgIpc) is 2.87. The molecule has 1 aromatic heterocycles. The summed E-state index contributed by atoms with van der Waals surface area (Å²) in [7, 11) is 0. The van der Waals surface area contributed by atoms with Crippen LogP contribution in [0.4, 0.5) is 18.0 Å². The molecule has 0 radical (unpaired) electrons. The number of aromatic nitrogens is 2. The summed E-state index contributed by atoms with van der Waals surface area (Å²) in [5, 5.41) is 8.53. The van der Waals surface area contributed by atoms with Gasteiger partial charge in [-0.3, -0.25) is 0 Å². The molecule has 0 bridgehead atoms. The van der Waals surface area contributed by atoms with E-state index in [1.54, 1.807) is 12.1 Å². The van der Waals surface area contributed by atoms with Crippen LogP contribution in [0, 0.1) is 0 Å². The van der Waals surface area contributed by atoms with Crippen molar-refractivity contribution in [1.29, 1.82) is 0 Å². The minimum atomic E-state index is -4.56. The molecule has 0 atom stereocenters. The summed E-state index contributed by atoms with van der Waals surface area (Å²) in [4.78, 5) is 10.4. The summed E-state index contributed by atoms with van der Waals surface area (Å²) < 4.78 is 42.4. The van der Waals surface area contributed by atoms with Crippen LogP contribution in [0.25, 0.3) is 0 Å². The highest BCUT2D eigenvalue weighted by Crippen LogP contribution is 2.35. The van der Waals surface area contributed by atoms with Gasteiger partial charge in [0.2, 0.25) is 5.01 Å². The normalized spacial score (nSPS) is 11.6. The third-order valence-corrected chi connectivity index (χ3v) is 2.95. The van der Waals surface area contributed by atoms with E-state index in [1.165, 1.54) is 18.3 Å². The molecule has 22 heavy (non-hydrogen) atoms. The highest BCUT2D eigenvalue weighted by atomic mass is 32.1. The van der Waals surface area contributed by atoms with Crippen LogP contribution in [0.2, 0.25) is 0 Å². The topological polar surface area (TPSA) is 102 Å². The van der Waals surface area contributed by atoms with Crippen molar-refractivity contribution in [2.75, 3.05) is 0 Å². The minimum Gasteiger partial charge on any atom is -0.430 e. The molecule has 0 unspecified atom stereocenters. The molecule has 0 aliphatic carbocycles. The number of rotatable bonds is 4. The summed E-state index contributed by atoms with van der Waals surface area (Å²) >= 11 is 0.286. The van der Waals surface area contributed by atoms with Gasteiger partial charge in [0.15, 0.2) is 0 Å². The average molecular weight is 331 g/mol. The number of amides is 2. The molecule has 0 saturated heterocycles. The Morgan fingerprint density at radius 2 is 2.18 bits per heavy atom. The van der Waals surface area contributed by atoms with Gasteiger partial charge in [-0.1, -0.05) is 28.6 Å². The summed E-state index contributed by atoms with van der Waals surface area (Å²) in [6.45, 7) is 0. The fourth-order valence-corrected chi connectivity index (χ4v) is 1.88. The SMILES string of the molecule is NC(=O)NN=Cc1cccc(Oc2nnc(C(F)(F)F)s2)c1. The van der Waals surface area contributed by atoms with Crippen LogP contribution in [0.15, 0.2) is 29.4 Å². The number of nitrogens with one attached hydrogen (secondary N) is 1. The first-order valence-electron chi connectivity index (χ1n) is 5.62. The molecule has 0 aliphatic rings. The molecule has 11 heteroatoms. The van der Waals surface area contributed by atoms with Crippen molar-refractivity contribution < 1.29 is 22.7 Å². The lowest BCUT2D eigenvalue weighted by atomic mass is 10.2. The molecule has 0 aliphatic heterocycles. The second-order valence-corrected chi connectivity index (χ2v) is 4.72. The van der Waals surface area contributed by atoms with Crippen molar-refractivity contribution in [1.82, 2.24) is 15.6 Å². The van der Waals surface area contributed by atoms with Gasteiger partial charge in [0.05, 0.1) is 6.21 Å². The molecule has 0 saturated carbocycles. The van der Waals surface area contributed by atoms with Crippen LogP contribution in [-0.2, 0) is 6.18 Å². The van der Waals surface area contributed by atoms with E-state index in [-0.39, 0.29) is 22.3 Å². The second-order valence-electron chi connectivity index (χ2n) is 3.78. The van der Waals surface area contributed by atoms with Gasteiger partial charge in [0.1, 0.15) is 5.75 Å². The van der Waals surface area contributed by atoms with E-state index in [9.17, 15) is 18.0 Å². The lowest BCUT2D eigenvalue weighted by Gasteiger charge is -2.02. The van der Waals surface area contributed by atoms with Gasteiger partial charge < -0.3 is 10.5 Å². The number of alkyl halides is 3. The standard InChI is InChI=1S/C11H8F3N5O2S/c12-11(13,14)8-17-19-10(22-8)21-7-3-1-2-6(4-7)5-16-18-9(15)20/h1-5H,(H3,15,18,20). The maximum Gasteiger partial charge on any atom is 0.445 e. The zero-order valence-corrected chi connectivity index (χ0v) is 11.5. The van der Waals surface area contributed by atoms with Gasteiger partial charge in [-0.2, -0.15) is 18.3 Å². The number of hydrazone groups is 1. The molecule has 2 aromatic rings. The number of hydrogen-bond donors (Lipinski definition) is 2. The van der Waals surface area contributed by atoms with Crippen LogP contribution >= 0.6 is 11.3 Å². The fraction of sp³-hybridized carbons (Fsp3) is 0.0909. The first-order chi connectivity index (χ1) is 10.3. The van der Waals surface area contributed by atoms with E-state index < -0.39 is 17.2 Å². The maximum atomic E-state index is 12.4. The Balaban J connectivity index is 2.08. The summed E-state index contributed by atoms with van der Waals surface area (Å²) in [6.07, 6.45) is -3.27. The van der Waals surface area contributed by atoms with Crippen LogP contribution in [0.3, 0.4) is 0 Å². The number of nitrogens with two attached hydrogens (primary N) is 1. The van der Waals surface area contributed by atoms with Crippen molar-refractivity contribution in [2.24, 2.45) is 10.8 Å². The van der Waals surface area contributed by atoms with Crippen LogP contribution in [-0.4, -0.2) is 22.4 Å². The Kier molecular flexibility index (Phi) is 4.56. The largest absolute Gasteiger partial charge is 0.445 e. The molecule has 7 nitrogen and oxygen atoms in total. The third-order valence-electron chi connectivity index (χ3n) is 2.10. The quantitative estimate of drug-likeness (QED) is 0.663. The fourth-order valence-electron chi connectivity index (χ4n) is 1.30. The van der Waals surface area contributed by atoms with Crippen molar-refractivity contribution in [2.45, 2.75) is 6.18 Å². The second kappa shape index (κ2) is 6.39. The van der Waals surface area contributed by atoms with E-state index in [0.717, 1.165) is 0 Å². The molecule has 2 rings (SSSR count). The van der Waals surface area contributed by atoms with E-state index in [0.29, 0.717) is 5.56 Å². The smallest absolute Gasteiger partial charge is 0.430 e. The molecule has 1 aromatic carbocycles. The van der Waals surface area contributed by atoms with Crippen molar-refractivity contribution >= 4 is 23.6 Å². The third kappa shape index (κ3) is 4.41. The maximum absolute atomic E-state index is 12.4. The number of nitrogens with zero attached hydrogens (tertiary/aromatic N) is 3. The molecule has 0 fully saturated rings. The van der Waals surface area contributed by atoms with Gasteiger partial charge in [0.25, 0.3) is 5.19 Å². The Labute approximate surface area is 125 Å². The van der Waals surface area contributed by atoms with Crippen LogP contribution < -0.4 is 15.9 Å². The van der Waals surface area contributed by atoms with E-state index in [2.05, 4.69) is 15.3 Å². The lowest BCUT2D eigenvalue weighted by Crippen LogP contribution is -2.24. The molecule has 3 N–H and O–H groups in total. The Bertz CT molecular complexity index is 701. The monoisotopic (exact) mass is 331 g/mol. The van der Waals surface area contributed by atoms with Gasteiger partial charge in [-0.05, 0) is 17.7 Å². The number of hydrogen-bond acceptors (Lipinski definition) is 6. The van der Waals surface area contributed by atoms with Gasteiger partial charge in [0, 0.05) is 0 Å². The van der Waals surface area contributed by atoms with Gasteiger partial charge in [-0.25, -0.2) is 10.2 Å². The van der Waals surface area contributed by atoms with Crippen molar-refractivity contribution in [3.8, 4) is 10.9 Å². The van der Waals surface area contributed by atoms with Crippen molar-refractivity contribution in [3.05, 3.63) is 34.8 Å². The summed E-state index contributed by atoms with van der Waals surface area (Å²) in [5.74, 6) is 0.243. The zero-order valence-electron chi connectivity index (χ0n) is 10.7. The molecule has 2 amide bonds. The van der Waals surface area contributed by atoms with E-state index >= 15 is 0 Å². The number of halogens is 3. The van der Waals surface area contributed by atoms with E-state index in [1.807, 2.05) is 5.43 Å². The number of benzene rings is 1. The number of urea groups is 1. The Morgan fingerprint density at radius 1 is 1.41 bits per heavy atom. The molecule has 0 spiro atoms. The highest BCUT2D eigenvalue weighted by Gasteiger charge is 2.36. The summed E-state index contributed by atoms with van der Waals surface area (Å²) in [5.41, 5.74) is 7.37. The number of carbonyl (C=O) groups is 1. The van der Waals surface area contributed by atoms with Crippen molar-refractivity contribution in [3.63, 3.8) is 0 Å².